The molecule has 3 aromatic heterocycles. The Hall–Kier alpha value is -2.67. The number of hydrogen-bond acceptors (Lipinski definition) is 6. The Morgan fingerprint density at radius 2 is 2.33 bits per heavy atom. The molecule has 7 nitrogen and oxygen atoms in total. The molecule has 1 amide bonds. The fourth-order valence-electron chi connectivity index (χ4n) is 3.74. The van der Waals surface area contributed by atoms with E-state index in [2.05, 4.69) is 27.3 Å². The maximum atomic E-state index is 12.9. The molecule has 0 unspecified atom stereocenters. The molecule has 1 N–H and O–H groups in total. The molecule has 27 heavy (non-hydrogen) atoms. The molecule has 1 atom stereocenters. The number of amides is 1. The number of fused-ring (bicyclic) bond motifs is 1. The fourth-order valence-corrected chi connectivity index (χ4v) is 3.74. The lowest BCUT2D eigenvalue weighted by Gasteiger charge is -2.30. The van der Waals surface area contributed by atoms with Crippen molar-refractivity contribution in [2.75, 3.05) is 26.2 Å². The van der Waals surface area contributed by atoms with E-state index in [0.717, 1.165) is 25.6 Å². The standard InChI is InChI=1S/C20H24N4O3/c1-13-5-3-8-24(12-13)9-7-21-19(25)15-11-16(17-6-4-10-26-17)22-20-18(15)14(2)23-27-20/h4,6,10-11,13H,3,5,7-9,12H2,1-2H3,(H,21,25)/t13-/m0/s1. The van der Waals surface area contributed by atoms with Crippen molar-refractivity contribution < 1.29 is 13.7 Å². The van der Waals surface area contributed by atoms with Crippen LogP contribution in [0.3, 0.4) is 0 Å². The van der Waals surface area contributed by atoms with Gasteiger partial charge in [-0.25, -0.2) is 4.98 Å². The summed E-state index contributed by atoms with van der Waals surface area (Å²) in [7, 11) is 0. The van der Waals surface area contributed by atoms with Crippen LogP contribution in [0.1, 0.15) is 35.8 Å². The van der Waals surface area contributed by atoms with Gasteiger partial charge >= 0.3 is 0 Å². The highest BCUT2D eigenvalue weighted by atomic mass is 16.5. The molecule has 1 aliphatic heterocycles. The zero-order chi connectivity index (χ0) is 18.8. The van der Waals surface area contributed by atoms with Gasteiger partial charge < -0.3 is 19.2 Å². The number of furan rings is 1. The molecule has 1 saturated heterocycles. The second-order valence-corrected chi connectivity index (χ2v) is 7.28. The first kappa shape index (κ1) is 17.7. The van der Waals surface area contributed by atoms with Gasteiger partial charge in [0, 0.05) is 19.6 Å². The van der Waals surface area contributed by atoms with E-state index in [1.165, 1.54) is 12.8 Å². The number of hydrogen-bond donors (Lipinski definition) is 1. The SMILES string of the molecule is Cc1noc2nc(-c3ccco3)cc(C(=O)NCCN3CCC[C@H](C)C3)c12. The van der Waals surface area contributed by atoms with E-state index >= 15 is 0 Å². The van der Waals surface area contributed by atoms with Crippen molar-refractivity contribution >= 4 is 17.0 Å². The van der Waals surface area contributed by atoms with Crippen molar-refractivity contribution in [1.29, 1.82) is 0 Å². The summed E-state index contributed by atoms with van der Waals surface area (Å²) in [5.74, 6) is 1.17. The molecule has 0 aromatic carbocycles. The van der Waals surface area contributed by atoms with Crippen LogP contribution in [-0.2, 0) is 0 Å². The van der Waals surface area contributed by atoms with Crippen molar-refractivity contribution in [2.45, 2.75) is 26.7 Å². The lowest BCUT2D eigenvalue weighted by atomic mass is 10.0. The smallest absolute Gasteiger partial charge is 0.259 e. The van der Waals surface area contributed by atoms with Crippen LogP contribution >= 0.6 is 0 Å². The number of nitrogens with one attached hydrogen (secondary N) is 1. The molecule has 0 saturated carbocycles. The number of carbonyl (C=O) groups excluding carboxylic acids is 1. The molecule has 0 bridgehead atoms. The molecule has 4 heterocycles. The van der Waals surface area contributed by atoms with Crippen molar-refractivity contribution in [3.8, 4) is 11.5 Å². The Kier molecular flexibility index (Phi) is 4.94. The zero-order valence-corrected chi connectivity index (χ0v) is 15.7. The highest BCUT2D eigenvalue weighted by Crippen LogP contribution is 2.27. The molecule has 0 aliphatic carbocycles. The molecule has 0 radical (unpaired) electrons. The normalized spacial score (nSPS) is 18.1. The molecule has 4 rings (SSSR count). The van der Waals surface area contributed by atoms with Crippen LogP contribution in [0.25, 0.3) is 22.6 Å². The lowest BCUT2D eigenvalue weighted by molar-refractivity contribution is 0.0945. The average Bonchev–Trinajstić information content (AvgIpc) is 3.31. The van der Waals surface area contributed by atoms with Gasteiger partial charge in [0.05, 0.1) is 22.9 Å². The summed E-state index contributed by atoms with van der Waals surface area (Å²) in [4.78, 5) is 19.7. The van der Waals surface area contributed by atoms with Crippen LogP contribution in [0.5, 0.6) is 0 Å². The first-order valence-electron chi connectivity index (χ1n) is 9.43. The minimum absolute atomic E-state index is 0.147. The number of piperidine rings is 1. The summed E-state index contributed by atoms with van der Waals surface area (Å²) < 4.78 is 10.7. The molecule has 3 aromatic rings. The molecule has 1 fully saturated rings. The number of rotatable bonds is 5. The number of aryl methyl sites for hydroxylation is 1. The Balaban J connectivity index is 1.53. The second-order valence-electron chi connectivity index (χ2n) is 7.28. The highest BCUT2D eigenvalue weighted by Gasteiger charge is 2.21. The Morgan fingerprint density at radius 3 is 3.11 bits per heavy atom. The summed E-state index contributed by atoms with van der Waals surface area (Å²) in [6, 6.07) is 5.33. The number of aromatic nitrogens is 2. The first-order chi connectivity index (χ1) is 13.1. The molecular formula is C20H24N4O3. The summed E-state index contributed by atoms with van der Waals surface area (Å²) >= 11 is 0. The fraction of sp³-hybridized carbons (Fsp3) is 0.450. The number of pyridine rings is 1. The summed E-state index contributed by atoms with van der Waals surface area (Å²) in [6.07, 6.45) is 4.10. The Labute approximate surface area is 157 Å². The van der Waals surface area contributed by atoms with Gasteiger partial charge in [0.25, 0.3) is 11.6 Å². The maximum Gasteiger partial charge on any atom is 0.259 e. The topological polar surface area (TPSA) is 84.4 Å². The van der Waals surface area contributed by atoms with Crippen LogP contribution in [0.15, 0.2) is 33.4 Å². The van der Waals surface area contributed by atoms with Crippen molar-refractivity contribution in [1.82, 2.24) is 20.4 Å². The predicted octanol–water partition coefficient (Wildman–Crippen LogP) is 3.25. The molecule has 0 spiro atoms. The van der Waals surface area contributed by atoms with Crippen LogP contribution in [0, 0.1) is 12.8 Å². The average molecular weight is 368 g/mol. The van der Waals surface area contributed by atoms with Gasteiger partial charge in [-0.05, 0) is 50.4 Å². The quantitative estimate of drug-likeness (QED) is 0.744. The third kappa shape index (κ3) is 3.73. The van der Waals surface area contributed by atoms with Gasteiger partial charge in [0.2, 0.25) is 0 Å². The number of carbonyl (C=O) groups is 1. The van der Waals surface area contributed by atoms with Crippen molar-refractivity contribution in [3.05, 3.63) is 35.7 Å². The lowest BCUT2D eigenvalue weighted by Crippen LogP contribution is -2.40. The first-order valence-corrected chi connectivity index (χ1v) is 9.43. The van der Waals surface area contributed by atoms with Gasteiger partial charge in [0.15, 0.2) is 5.76 Å². The van der Waals surface area contributed by atoms with Gasteiger partial charge in [-0.2, -0.15) is 0 Å². The summed E-state index contributed by atoms with van der Waals surface area (Å²) in [5.41, 5.74) is 2.06. The number of likely N-dealkylation sites (tertiary alicyclic amines) is 1. The minimum atomic E-state index is -0.147. The van der Waals surface area contributed by atoms with Crippen LogP contribution in [0.2, 0.25) is 0 Å². The number of nitrogens with zero attached hydrogens (tertiary/aromatic N) is 3. The van der Waals surface area contributed by atoms with Crippen molar-refractivity contribution in [3.63, 3.8) is 0 Å². The molecule has 7 heteroatoms. The van der Waals surface area contributed by atoms with Gasteiger partial charge in [-0.15, -0.1) is 0 Å². The largest absolute Gasteiger partial charge is 0.463 e. The second kappa shape index (κ2) is 7.52. The van der Waals surface area contributed by atoms with Crippen LogP contribution in [-0.4, -0.2) is 47.1 Å². The van der Waals surface area contributed by atoms with E-state index in [1.54, 1.807) is 24.5 Å². The highest BCUT2D eigenvalue weighted by molar-refractivity contribution is 6.06. The van der Waals surface area contributed by atoms with E-state index in [4.69, 9.17) is 8.94 Å². The third-order valence-electron chi connectivity index (χ3n) is 5.09. The maximum absolute atomic E-state index is 12.9. The molecule has 1 aliphatic rings. The van der Waals surface area contributed by atoms with Gasteiger partial charge in [-0.1, -0.05) is 12.1 Å². The van der Waals surface area contributed by atoms with E-state index in [1.807, 2.05) is 6.92 Å². The molecular weight excluding hydrogens is 344 g/mol. The minimum Gasteiger partial charge on any atom is -0.463 e. The predicted molar refractivity (Wildman–Crippen MR) is 101 cm³/mol. The zero-order valence-electron chi connectivity index (χ0n) is 15.7. The van der Waals surface area contributed by atoms with Crippen molar-refractivity contribution in [2.24, 2.45) is 5.92 Å². The van der Waals surface area contributed by atoms with Crippen LogP contribution in [0.4, 0.5) is 0 Å². The van der Waals surface area contributed by atoms with E-state index in [9.17, 15) is 4.79 Å². The van der Waals surface area contributed by atoms with E-state index < -0.39 is 0 Å². The third-order valence-corrected chi connectivity index (χ3v) is 5.09. The molecule has 142 valence electrons. The van der Waals surface area contributed by atoms with Gasteiger partial charge in [-0.3, -0.25) is 4.79 Å². The summed E-state index contributed by atoms with van der Waals surface area (Å²) in [5, 5.41) is 7.65. The van der Waals surface area contributed by atoms with Crippen LogP contribution < -0.4 is 5.32 Å². The summed E-state index contributed by atoms with van der Waals surface area (Å²) in [6.45, 7) is 7.76. The Bertz CT molecular complexity index is 932. The van der Waals surface area contributed by atoms with E-state index in [0.29, 0.717) is 40.4 Å². The van der Waals surface area contributed by atoms with Gasteiger partial charge in [0.1, 0.15) is 5.69 Å². The Morgan fingerprint density at radius 1 is 1.44 bits per heavy atom. The monoisotopic (exact) mass is 368 g/mol. The van der Waals surface area contributed by atoms with E-state index in [-0.39, 0.29) is 5.91 Å².